The van der Waals surface area contributed by atoms with Crippen LogP contribution >= 0.6 is 0 Å². The summed E-state index contributed by atoms with van der Waals surface area (Å²) >= 11 is 0. The summed E-state index contributed by atoms with van der Waals surface area (Å²) in [4.78, 5) is 16.6. The summed E-state index contributed by atoms with van der Waals surface area (Å²) in [6, 6.07) is 4.09. The quantitative estimate of drug-likeness (QED) is 0.617. The molecule has 0 bridgehead atoms. The predicted octanol–water partition coefficient (Wildman–Crippen LogP) is 6.01. The van der Waals surface area contributed by atoms with Gasteiger partial charge in [0, 0.05) is 17.3 Å². The number of carbonyl (C=O) groups is 1. The number of rotatable bonds is 1. The van der Waals surface area contributed by atoms with Crippen molar-refractivity contribution in [3.63, 3.8) is 0 Å². The molecule has 0 aromatic carbocycles. The fourth-order valence-corrected chi connectivity index (χ4v) is 7.72. The topological polar surface area (TPSA) is 32.9 Å². The lowest BCUT2D eigenvalue weighted by Crippen LogP contribution is -2.52. The van der Waals surface area contributed by atoms with Crippen molar-refractivity contribution in [1.82, 2.24) is 4.98 Å². The maximum absolute atomic E-state index is 13.3. The molecule has 0 amide bonds. The number of ketones is 1. The molecule has 1 aromatic rings. The van der Waals surface area contributed by atoms with E-state index >= 15 is 0 Å². The van der Waals surface area contributed by atoms with Gasteiger partial charge in [-0.3, -0.25) is 4.79 Å². The van der Waals surface area contributed by atoms with Crippen molar-refractivity contribution in [2.45, 2.75) is 71.6 Å². The van der Waals surface area contributed by atoms with Crippen molar-refractivity contribution in [2.75, 3.05) is 0 Å². The number of allylic oxidation sites excluding steroid dienone is 1. The third-order valence-corrected chi connectivity index (χ3v) is 9.17. The molecular formula is C24H33NO. The van der Waals surface area contributed by atoms with Gasteiger partial charge in [0.1, 0.15) is 0 Å². The van der Waals surface area contributed by atoms with Crippen LogP contribution in [-0.2, 0) is 4.79 Å². The van der Waals surface area contributed by atoms with Crippen molar-refractivity contribution in [1.29, 1.82) is 0 Å². The standard InChI is InChI=1S/C24H33NO/c1-23-11-4-3-6-17(23)8-9-19-20(23)10-12-24(2)21(19)15-16(22(24)26)14-18-7-5-13-25-18/h5,7,13-14,17,19-21,25H,3-4,6,8-12,15H2,1-2H3/b16-14+/t17-,19-,20+,21+,23-,24+/m0/s1. The maximum Gasteiger partial charge on any atom is 0.165 e. The van der Waals surface area contributed by atoms with E-state index in [1.54, 1.807) is 0 Å². The van der Waals surface area contributed by atoms with E-state index in [0.29, 0.717) is 17.1 Å². The van der Waals surface area contributed by atoms with Crippen molar-refractivity contribution >= 4 is 11.9 Å². The number of H-pyrrole nitrogens is 1. The normalized spacial score (nSPS) is 46.7. The van der Waals surface area contributed by atoms with Crippen LogP contribution in [0.5, 0.6) is 0 Å². The van der Waals surface area contributed by atoms with E-state index in [1.807, 2.05) is 12.3 Å². The molecule has 0 unspecified atom stereocenters. The minimum atomic E-state index is -0.0997. The van der Waals surface area contributed by atoms with E-state index in [2.05, 4.69) is 31.0 Å². The second kappa shape index (κ2) is 5.84. The summed E-state index contributed by atoms with van der Waals surface area (Å²) < 4.78 is 0. The van der Waals surface area contributed by atoms with Crippen LogP contribution in [0.2, 0.25) is 0 Å². The number of hydrogen-bond donors (Lipinski definition) is 1. The lowest BCUT2D eigenvalue weighted by atomic mass is 9.45. The molecule has 26 heavy (non-hydrogen) atoms. The van der Waals surface area contributed by atoms with Crippen molar-refractivity contribution in [2.24, 2.45) is 34.5 Å². The fourth-order valence-electron chi connectivity index (χ4n) is 7.72. The highest BCUT2D eigenvalue weighted by Crippen LogP contribution is 2.66. The highest BCUT2D eigenvalue weighted by Gasteiger charge is 2.60. The lowest BCUT2D eigenvalue weighted by Gasteiger charge is -2.59. The van der Waals surface area contributed by atoms with E-state index in [4.69, 9.17) is 0 Å². The number of carbonyl (C=O) groups excluding carboxylic acids is 1. The first-order valence-electron chi connectivity index (χ1n) is 10.9. The van der Waals surface area contributed by atoms with Crippen molar-refractivity contribution in [3.8, 4) is 0 Å². The minimum Gasteiger partial charge on any atom is -0.362 e. The molecule has 0 saturated heterocycles. The summed E-state index contributed by atoms with van der Waals surface area (Å²) in [5, 5.41) is 0. The average Bonchev–Trinajstić information content (AvgIpc) is 3.23. The first-order chi connectivity index (χ1) is 12.5. The first kappa shape index (κ1) is 16.8. The predicted molar refractivity (Wildman–Crippen MR) is 106 cm³/mol. The van der Waals surface area contributed by atoms with Crippen LogP contribution in [0, 0.1) is 34.5 Å². The molecule has 4 aliphatic carbocycles. The summed E-state index contributed by atoms with van der Waals surface area (Å²) in [5.74, 6) is 3.61. The third-order valence-electron chi connectivity index (χ3n) is 9.17. The lowest BCUT2D eigenvalue weighted by molar-refractivity contribution is -0.137. The van der Waals surface area contributed by atoms with Gasteiger partial charge in [0.25, 0.3) is 0 Å². The van der Waals surface area contributed by atoms with Gasteiger partial charge in [0.15, 0.2) is 5.78 Å². The van der Waals surface area contributed by atoms with Gasteiger partial charge in [-0.1, -0.05) is 26.7 Å². The van der Waals surface area contributed by atoms with E-state index < -0.39 is 0 Å². The van der Waals surface area contributed by atoms with Gasteiger partial charge < -0.3 is 4.98 Å². The number of nitrogens with one attached hydrogen (secondary N) is 1. The Morgan fingerprint density at radius 3 is 2.77 bits per heavy atom. The molecule has 4 saturated carbocycles. The van der Waals surface area contributed by atoms with Crippen LogP contribution in [0.1, 0.15) is 77.3 Å². The molecule has 1 N–H and O–H groups in total. The molecule has 2 heteroatoms. The second-order valence-electron chi connectivity index (χ2n) is 10.2. The number of fused-ring (bicyclic) bond motifs is 5. The summed E-state index contributed by atoms with van der Waals surface area (Å²) in [5.41, 5.74) is 2.61. The van der Waals surface area contributed by atoms with Crippen LogP contribution in [-0.4, -0.2) is 10.8 Å². The molecule has 1 heterocycles. The molecule has 0 spiro atoms. The number of Topliss-reactive ketones (excluding diaryl/α,β-unsaturated/α-hetero) is 1. The highest BCUT2D eigenvalue weighted by molar-refractivity contribution is 6.05. The molecule has 6 atom stereocenters. The summed E-state index contributed by atoms with van der Waals surface area (Å²) in [7, 11) is 0. The van der Waals surface area contributed by atoms with Gasteiger partial charge in [-0.05, 0) is 97.8 Å². The minimum absolute atomic E-state index is 0.0997. The second-order valence-corrected chi connectivity index (χ2v) is 10.2. The van der Waals surface area contributed by atoms with Gasteiger partial charge in [0.2, 0.25) is 0 Å². The average molecular weight is 352 g/mol. The van der Waals surface area contributed by atoms with Gasteiger partial charge in [-0.15, -0.1) is 0 Å². The Bertz CT molecular complexity index is 731. The van der Waals surface area contributed by atoms with Crippen LogP contribution in [0.4, 0.5) is 0 Å². The zero-order valence-corrected chi connectivity index (χ0v) is 16.4. The number of hydrogen-bond acceptors (Lipinski definition) is 1. The Balaban J connectivity index is 1.47. The molecule has 4 fully saturated rings. The SMILES string of the molecule is C[C@]12CCCC[C@H]1CC[C@H]1[C@H]2CC[C@@]2(C)C(=O)/C(=C/c3ccc[nH]3)C[C@H]12. The Morgan fingerprint density at radius 2 is 1.96 bits per heavy atom. The molecule has 1 aromatic heterocycles. The van der Waals surface area contributed by atoms with E-state index in [-0.39, 0.29) is 5.41 Å². The van der Waals surface area contributed by atoms with Crippen LogP contribution in [0.3, 0.4) is 0 Å². The smallest absolute Gasteiger partial charge is 0.165 e. The van der Waals surface area contributed by atoms with Crippen molar-refractivity contribution in [3.05, 3.63) is 29.6 Å². The summed E-state index contributed by atoms with van der Waals surface area (Å²) in [6.45, 7) is 4.91. The Hall–Kier alpha value is -1.31. The van der Waals surface area contributed by atoms with Gasteiger partial charge in [0.05, 0.1) is 0 Å². The maximum atomic E-state index is 13.3. The summed E-state index contributed by atoms with van der Waals surface area (Å²) in [6.07, 6.45) is 16.0. The monoisotopic (exact) mass is 351 g/mol. The zero-order valence-electron chi connectivity index (χ0n) is 16.4. The molecule has 2 nitrogen and oxygen atoms in total. The molecule has 4 aliphatic rings. The molecular weight excluding hydrogens is 318 g/mol. The molecule has 0 aliphatic heterocycles. The fraction of sp³-hybridized carbons (Fsp3) is 0.708. The molecule has 5 rings (SSSR count). The molecule has 140 valence electrons. The van der Waals surface area contributed by atoms with Crippen LogP contribution < -0.4 is 0 Å². The van der Waals surface area contributed by atoms with E-state index in [1.165, 1.54) is 44.9 Å². The van der Waals surface area contributed by atoms with Crippen LogP contribution in [0.25, 0.3) is 6.08 Å². The van der Waals surface area contributed by atoms with E-state index in [9.17, 15) is 4.79 Å². The van der Waals surface area contributed by atoms with Gasteiger partial charge >= 0.3 is 0 Å². The molecule has 0 radical (unpaired) electrons. The number of aromatic amines is 1. The Morgan fingerprint density at radius 1 is 1.08 bits per heavy atom. The third kappa shape index (κ3) is 2.26. The largest absolute Gasteiger partial charge is 0.362 e. The zero-order chi connectivity index (χ0) is 17.9. The van der Waals surface area contributed by atoms with Crippen LogP contribution in [0.15, 0.2) is 23.9 Å². The Kier molecular flexibility index (Phi) is 3.78. The van der Waals surface area contributed by atoms with Gasteiger partial charge in [-0.2, -0.15) is 0 Å². The highest BCUT2D eigenvalue weighted by atomic mass is 16.1. The van der Waals surface area contributed by atoms with Gasteiger partial charge in [-0.25, -0.2) is 0 Å². The van der Waals surface area contributed by atoms with Crippen molar-refractivity contribution < 1.29 is 4.79 Å². The first-order valence-corrected chi connectivity index (χ1v) is 10.9. The Labute approximate surface area is 157 Å². The number of aromatic nitrogens is 1. The van der Waals surface area contributed by atoms with E-state index in [0.717, 1.165) is 41.9 Å².